The van der Waals surface area contributed by atoms with E-state index in [1.807, 2.05) is 6.92 Å². The number of aryl methyl sites for hydroxylation is 1. The van der Waals surface area contributed by atoms with Crippen molar-refractivity contribution < 1.29 is 18.7 Å². The molecular weight excluding hydrogens is 351 g/mol. The van der Waals surface area contributed by atoms with Gasteiger partial charge in [0.2, 0.25) is 5.78 Å². The molecule has 142 valence electrons. The number of carbonyl (C=O) groups is 1. The van der Waals surface area contributed by atoms with Crippen molar-refractivity contribution in [3.8, 4) is 5.75 Å². The van der Waals surface area contributed by atoms with Crippen LogP contribution in [0.5, 0.6) is 5.75 Å². The molecule has 0 saturated heterocycles. The van der Waals surface area contributed by atoms with Crippen LogP contribution >= 0.6 is 0 Å². The highest BCUT2D eigenvalue weighted by atomic mass is 19.1. The summed E-state index contributed by atoms with van der Waals surface area (Å²) in [5.74, 6) is -1.51. The molecule has 0 bridgehead atoms. The van der Waals surface area contributed by atoms with Crippen LogP contribution in [0.2, 0.25) is 0 Å². The number of hydrogen-bond donors (Lipinski definition) is 3. The Morgan fingerprint density at radius 2 is 2.07 bits per heavy atom. The summed E-state index contributed by atoms with van der Waals surface area (Å²) in [6.45, 7) is 2.25. The molecule has 0 unspecified atom stereocenters. The summed E-state index contributed by atoms with van der Waals surface area (Å²) in [5.41, 5.74) is 12.8. The molecule has 2 rings (SSSR count). The minimum absolute atomic E-state index is 0.0392. The van der Waals surface area contributed by atoms with E-state index in [1.165, 1.54) is 19.4 Å². The lowest BCUT2D eigenvalue weighted by Gasteiger charge is -2.11. The van der Waals surface area contributed by atoms with Crippen molar-refractivity contribution in [2.45, 2.75) is 6.92 Å². The Bertz CT molecular complexity index is 879. The number of nitrogens with two attached hydrogens (primary N) is 2. The molecule has 2 aromatic rings. The summed E-state index contributed by atoms with van der Waals surface area (Å²) in [6.07, 6.45) is 2.62. The number of ether oxygens (including phenoxy) is 2. The van der Waals surface area contributed by atoms with Gasteiger partial charge in [0.1, 0.15) is 12.3 Å². The lowest BCUT2D eigenvalue weighted by Crippen LogP contribution is -2.16. The number of pyridine rings is 1. The van der Waals surface area contributed by atoms with Crippen LogP contribution in [-0.2, 0) is 9.53 Å². The number of methoxy groups -OCH3 is 1. The van der Waals surface area contributed by atoms with E-state index in [2.05, 4.69) is 4.98 Å². The van der Waals surface area contributed by atoms with E-state index in [-0.39, 0.29) is 35.9 Å². The smallest absolute Gasteiger partial charge is 0.206 e. The van der Waals surface area contributed by atoms with Gasteiger partial charge in [-0.2, -0.15) is 0 Å². The molecule has 27 heavy (non-hydrogen) atoms. The summed E-state index contributed by atoms with van der Waals surface area (Å²) in [4.78, 5) is 16.4. The first kappa shape index (κ1) is 20.1. The SMILES string of the molecule is COCCOc1cc(N)c(C(=N)C(=O)C=C(N)c2ccc(C)nc2)cc1F. The van der Waals surface area contributed by atoms with Crippen LogP contribution in [0.3, 0.4) is 0 Å². The zero-order valence-corrected chi connectivity index (χ0v) is 15.1. The van der Waals surface area contributed by atoms with E-state index in [4.69, 9.17) is 26.4 Å². The standard InChI is InChI=1S/C19H21FN4O3/c1-11-3-4-12(10-24-11)15(21)8-17(25)19(23)13-7-14(20)18(9-16(13)22)27-6-5-26-2/h3-4,7-10,23H,5-6,21-22H2,1-2H3. The topological polar surface area (TPSA) is 124 Å². The number of nitrogen functional groups attached to an aromatic ring is 1. The van der Waals surface area contributed by atoms with Gasteiger partial charge in [-0.05, 0) is 25.1 Å². The third kappa shape index (κ3) is 5.11. The fourth-order valence-corrected chi connectivity index (χ4v) is 2.20. The van der Waals surface area contributed by atoms with E-state index in [0.29, 0.717) is 5.56 Å². The molecule has 1 aromatic heterocycles. The molecule has 0 spiro atoms. The molecule has 0 aliphatic carbocycles. The quantitative estimate of drug-likeness (QED) is 0.282. The highest BCUT2D eigenvalue weighted by Crippen LogP contribution is 2.25. The number of hydrogen-bond acceptors (Lipinski definition) is 7. The van der Waals surface area contributed by atoms with E-state index in [9.17, 15) is 9.18 Å². The molecule has 0 aliphatic rings. The zero-order valence-electron chi connectivity index (χ0n) is 15.1. The molecule has 0 amide bonds. The number of nitrogens with one attached hydrogen (secondary N) is 1. The molecule has 0 atom stereocenters. The van der Waals surface area contributed by atoms with Crippen molar-refractivity contribution in [1.82, 2.24) is 4.98 Å². The Morgan fingerprint density at radius 1 is 1.33 bits per heavy atom. The molecular formula is C19H21FN4O3. The van der Waals surface area contributed by atoms with Gasteiger partial charge in [0.15, 0.2) is 11.6 Å². The summed E-state index contributed by atoms with van der Waals surface area (Å²) in [5, 5.41) is 8.03. The summed E-state index contributed by atoms with van der Waals surface area (Å²) >= 11 is 0. The van der Waals surface area contributed by atoms with Gasteiger partial charge in [-0.3, -0.25) is 15.2 Å². The Labute approximate surface area is 156 Å². The number of anilines is 1. The van der Waals surface area contributed by atoms with Crippen LogP contribution in [0.15, 0.2) is 36.5 Å². The van der Waals surface area contributed by atoms with Crippen LogP contribution in [0.4, 0.5) is 10.1 Å². The first-order chi connectivity index (χ1) is 12.8. The van der Waals surface area contributed by atoms with E-state index < -0.39 is 17.3 Å². The first-order valence-electron chi connectivity index (χ1n) is 8.07. The van der Waals surface area contributed by atoms with Gasteiger partial charge in [-0.15, -0.1) is 0 Å². The molecule has 0 aliphatic heterocycles. The maximum absolute atomic E-state index is 14.2. The normalized spacial score (nSPS) is 11.3. The average Bonchev–Trinajstić information content (AvgIpc) is 2.64. The molecule has 0 radical (unpaired) electrons. The largest absolute Gasteiger partial charge is 0.488 e. The number of rotatable bonds is 8. The monoisotopic (exact) mass is 372 g/mol. The maximum atomic E-state index is 14.2. The first-order valence-corrected chi connectivity index (χ1v) is 8.07. The van der Waals surface area contributed by atoms with Crippen molar-refractivity contribution in [2.75, 3.05) is 26.1 Å². The van der Waals surface area contributed by atoms with Crippen molar-refractivity contribution >= 4 is 22.9 Å². The number of ketones is 1. The molecule has 0 fully saturated rings. The summed E-state index contributed by atoms with van der Waals surface area (Å²) < 4.78 is 24.2. The van der Waals surface area contributed by atoms with Gasteiger partial charge in [-0.25, -0.2) is 4.39 Å². The lowest BCUT2D eigenvalue weighted by molar-refractivity contribution is -0.108. The second-order valence-corrected chi connectivity index (χ2v) is 5.74. The van der Waals surface area contributed by atoms with Gasteiger partial charge in [-0.1, -0.05) is 0 Å². The lowest BCUT2D eigenvalue weighted by atomic mass is 10.0. The fraction of sp³-hybridized carbons (Fsp3) is 0.211. The number of benzene rings is 1. The number of carbonyl (C=O) groups excluding carboxylic acids is 1. The number of halogens is 1. The number of allylic oxidation sites excluding steroid dienone is 1. The van der Waals surface area contributed by atoms with Crippen LogP contribution in [0, 0.1) is 18.2 Å². The molecule has 5 N–H and O–H groups in total. The highest BCUT2D eigenvalue weighted by Gasteiger charge is 2.17. The highest BCUT2D eigenvalue weighted by molar-refractivity contribution is 6.50. The van der Waals surface area contributed by atoms with Gasteiger partial charge in [0.25, 0.3) is 0 Å². The fourth-order valence-electron chi connectivity index (χ4n) is 2.20. The molecule has 8 heteroatoms. The minimum atomic E-state index is -0.729. The van der Waals surface area contributed by atoms with Gasteiger partial charge in [0, 0.05) is 53.7 Å². The Balaban J connectivity index is 2.21. The van der Waals surface area contributed by atoms with E-state index in [1.54, 1.807) is 12.1 Å². The Hall–Kier alpha value is -3.26. The third-order valence-electron chi connectivity index (χ3n) is 3.70. The van der Waals surface area contributed by atoms with Crippen LogP contribution in [0.25, 0.3) is 5.70 Å². The molecule has 0 saturated carbocycles. The maximum Gasteiger partial charge on any atom is 0.206 e. The summed E-state index contributed by atoms with van der Waals surface area (Å²) in [6, 6.07) is 5.70. The van der Waals surface area contributed by atoms with Gasteiger partial charge >= 0.3 is 0 Å². The number of aromatic nitrogens is 1. The van der Waals surface area contributed by atoms with Crippen molar-refractivity contribution in [3.05, 3.63) is 59.2 Å². The Morgan fingerprint density at radius 3 is 2.70 bits per heavy atom. The van der Waals surface area contributed by atoms with Crippen molar-refractivity contribution in [1.29, 1.82) is 5.41 Å². The van der Waals surface area contributed by atoms with E-state index >= 15 is 0 Å². The summed E-state index contributed by atoms with van der Waals surface area (Å²) in [7, 11) is 1.50. The minimum Gasteiger partial charge on any atom is -0.488 e. The Kier molecular flexibility index (Phi) is 6.62. The molecule has 1 heterocycles. The van der Waals surface area contributed by atoms with Crippen LogP contribution < -0.4 is 16.2 Å². The van der Waals surface area contributed by atoms with Crippen molar-refractivity contribution in [3.63, 3.8) is 0 Å². The second kappa shape index (κ2) is 8.91. The van der Waals surface area contributed by atoms with Crippen molar-refractivity contribution in [2.24, 2.45) is 5.73 Å². The number of nitrogens with zero attached hydrogens (tertiary/aromatic N) is 1. The second-order valence-electron chi connectivity index (χ2n) is 5.74. The van der Waals surface area contributed by atoms with Crippen LogP contribution in [-0.4, -0.2) is 36.8 Å². The van der Waals surface area contributed by atoms with Crippen LogP contribution in [0.1, 0.15) is 16.8 Å². The molecule has 1 aromatic carbocycles. The van der Waals surface area contributed by atoms with Gasteiger partial charge in [0.05, 0.1) is 6.61 Å². The predicted octanol–water partition coefficient (Wildman–Crippen LogP) is 2.07. The predicted molar refractivity (Wildman–Crippen MR) is 101 cm³/mol. The molecule has 7 nitrogen and oxygen atoms in total. The third-order valence-corrected chi connectivity index (χ3v) is 3.70. The average molecular weight is 372 g/mol. The zero-order chi connectivity index (χ0) is 20.0. The van der Waals surface area contributed by atoms with E-state index in [0.717, 1.165) is 17.8 Å². The van der Waals surface area contributed by atoms with Gasteiger partial charge < -0.3 is 20.9 Å².